The normalized spacial score (nSPS) is 14.2. The molecule has 8 rings (SSSR count). The molecule has 0 radical (unpaired) electrons. The summed E-state index contributed by atoms with van der Waals surface area (Å²) < 4.78 is 0. The fraction of sp³-hybridized carbons (Fsp3) is 0.0857. The number of rotatable bonds is 2. The van der Waals surface area contributed by atoms with E-state index < -0.39 is 0 Å². The molecule has 0 unspecified atom stereocenters. The second-order valence-electron chi connectivity index (χ2n) is 10.7. The second-order valence-corrected chi connectivity index (χ2v) is 10.7. The van der Waals surface area contributed by atoms with E-state index in [1.165, 1.54) is 49.8 Å². The Morgan fingerprint density at radius 3 is 2.32 bits per heavy atom. The summed E-state index contributed by atoms with van der Waals surface area (Å²) in [5.41, 5.74) is 12.1. The van der Waals surface area contributed by atoms with Gasteiger partial charge in [0.05, 0.1) is 17.1 Å². The summed E-state index contributed by atoms with van der Waals surface area (Å²) in [6.07, 6.45) is 3.67. The van der Waals surface area contributed by atoms with Gasteiger partial charge in [-0.25, -0.2) is 4.98 Å². The first-order chi connectivity index (χ1) is 18.6. The van der Waals surface area contributed by atoms with Crippen LogP contribution < -0.4 is 4.90 Å². The molecule has 0 bridgehead atoms. The highest BCUT2D eigenvalue weighted by atomic mass is 15.2. The minimum Gasteiger partial charge on any atom is -0.294 e. The molecule has 38 heavy (non-hydrogen) atoms. The van der Waals surface area contributed by atoms with E-state index in [4.69, 9.17) is 4.98 Å². The Labute approximate surface area is 222 Å². The van der Waals surface area contributed by atoms with Gasteiger partial charge in [0.25, 0.3) is 0 Å². The molecule has 0 saturated carbocycles. The van der Waals surface area contributed by atoms with Gasteiger partial charge in [0, 0.05) is 34.3 Å². The van der Waals surface area contributed by atoms with E-state index in [0.717, 1.165) is 22.8 Å². The van der Waals surface area contributed by atoms with Crippen molar-refractivity contribution in [1.82, 2.24) is 9.97 Å². The summed E-state index contributed by atoms with van der Waals surface area (Å²) in [7, 11) is 0. The highest BCUT2D eigenvalue weighted by molar-refractivity contribution is 6.14. The van der Waals surface area contributed by atoms with E-state index in [1.807, 2.05) is 12.3 Å². The molecule has 0 amide bonds. The largest absolute Gasteiger partial charge is 0.294 e. The fourth-order valence-corrected chi connectivity index (χ4v) is 6.47. The topological polar surface area (TPSA) is 29.0 Å². The van der Waals surface area contributed by atoms with Crippen LogP contribution in [0.25, 0.3) is 44.3 Å². The monoisotopic (exact) mass is 487 g/mol. The van der Waals surface area contributed by atoms with Crippen LogP contribution in [0.1, 0.15) is 25.0 Å². The lowest BCUT2D eigenvalue weighted by Gasteiger charge is -2.34. The Hall–Kier alpha value is -4.76. The summed E-state index contributed by atoms with van der Waals surface area (Å²) in [5.74, 6) is 0.905. The van der Waals surface area contributed by atoms with Crippen molar-refractivity contribution in [2.75, 3.05) is 4.90 Å². The van der Waals surface area contributed by atoms with Gasteiger partial charge < -0.3 is 0 Å². The third-order valence-electron chi connectivity index (χ3n) is 8.28. The van der Waals surface area contributed by atoms with Gasteiger partial charge in [0.2, 0.25) is 0 Å². The van der Waals surface area contributed by atoms with Crippen molar-refractivity contribution in [3.63, 3.8) is 0 Å². The minimum atomic E-state index is -0.0828. The van der Waals surface area contributed by atoms with E-state index in [-0.39, 0.29) is 5.41 Å². The molecule has 180 valence electrons. The number of hydrogen-bond acceptors (Lipinski definition) is 3. The Balaban J connectivity index is 1.44. The van der Waals surface area contributed by atoms with Crippen LogP contribution in [0.5, 0.6) is 0 Å². The number of benzene rings is 4. The van der Waals surface area contributed by atoms with E-state index in [9.17, 15) is 0 Å². The molecule has 0 N–H and O–H groups in total. The van der Waals surface area contributed by atoms with Gasteiger partial charge >= 0.3 is 0 Å². The molecule has 4 aromatic carbocycles. The van der Waals surface area contributed by atoms with E-state index >= 15 is 0 Å². The molecule has 0 atom stereocenters. The molecule has 2 aliphatic rings. The maximum Gasteiger partial charge on any atom is 0.138 e. The van der Waals surface area contributed by atoms with Crippen molar-refractivity contribution >= 4 is 28.0 Å². The van der Waals surface area contributed by atoms with Crippen molar-refractivity contribution in [3.05, 3.63) is 127 Å². The van der Waals surface area contributed by atoms with Crippen molar-refractivity contribution in [2.24, 2.45) is 0 Å². The number of pyridine rings is 2. The van der Waals surface area contributed by atoms with Crippen LogP contribution in [0, 0.1) is 0 Å². The van der Waals surface area contributed by atoms with E-state index in [2.05, 4.69) is 121 Å². The summed E-state index contributed by atoms with van der Waals surface area (Å²) in [6.45, 7) is 4.68. The number of hydrogen-bond donors (Lipinski definition) is 0. The number of anilines is 3. The second kappa shape index (κ2) is 7.62. The summed E-state index contributed by atoms with van der Waals surface area (Å²) in [4.78, 5) is 11.9. The molecule has 3 nitrogen and oxygen atoms in total. The predicted molar refractivity (Wildman–Crippen MR) is 156 cm³/mol. The maximum absolute atomic E-state index is 5.18. The number of nitrogens with zero attached hydrogens (tertiary/aromatic N) is 3. The lowest BCUT2D eigenvalue weighted by Crippen LogP contribution is -2.19. The van der Waals surface area contributed by atoms with Gasteiger partial charge in [-0.05, 0) is 75.7 Å². The standard InChI is InChI=1S/C35H25N3/c1-35(2)28-14-4-3-12-24(28)26-19-27-25-13-5-9-22-10-6-16-31(34(22)25)38(32(27)20-29(26)35)33-17-7-15-30(37-33)23-11-8-18-36-21-23/h3-21H,1-2H3. The van der Waals surface area contributed by atoms with Gasteiger partial charge in [-0.2, -0.15) is 0 Å². The molecule has 6 aromatic rings. The third kappa shape index (κ3) is 2.84. The predicted octanol–water partition coefficient (Wildman–Crippen LogP) is 9.05. The van der Waals surface area contributed by atoms with Gasteiger partial charge in [-0.15, -0.1) is 0 Å². The quantitative estimate of drug-likeness (QED) is 0.244. The highest BCUT2D eigenvalue weighted by Gasteiger charge is 2.38. The molecular formula is C35H25N3. The molecule has 0 fully saturated rings. The zero-order valence-electron chi connectivity index (χ0n) is 21.3. The fourth-order valence-electron chi connectivity index (χ4n) is 6.47. The van der Waals surface area contributed by atoms with Gasteiger partial charge in [-0.3, -0.25) is 9.88 Å². The summed E-state index contributed by atoms with van der Waals surface area (Å²) >= 11 is 0. The van der Waals surface area contributed by atoms with Crippen LogP contribution >= 0.6 is 0 Å². The van der Waals surface area contributed by atoms with Crippen molar-refractivity contribution in [2.45, 2.75) is 19.3 Å². The average molecular weight is 488 g/mol. The molecule has 0 saturated heterocycles. The van der Waals surface area contributed by atoms with Crippen LogP contribution in [-0.4, -0.2) is 9.97 Å². The first-order valence-electron chi connectivity index (χ1n) is 13.1. The summed E-state index contributed by atoms with van der Waals surface area (Å²) in [6, 6.07) is 37.2. The van der Waals surface area contributed by atoms with Crippen LogP contribution in [0.2, 0.25) is 0 Å². The van der Waals surface area contributed by atoms with E-state index in [0.29, 0.717) is 0 Å². The first kappa shape index (κ1) is 21.3. The smallest absolute Gasteiger partial charge is 0.138 e. The summed E-state index contributed by atoms with van der Waals surface area (Å²) in [5, 5.41) is 2.50. The molecular weight excluding hydrogens is 462 g/mol. The van der Waals surface area contributed by atoms with Gasteiger partial charge in [0.1, 0.15) is 5.82 Å². The molecule has 1 aliphatic carbocycles. The molecule has 3 heterocycles. The zero-order chi connectivity index (χ0) is 25.4. The Morgan fingerprint density at radius 1 is 0.632 bits per heavy atom. The lowest BCUT2D eigenvalue weighted by atomic mass is 9.81. The Bertz CT molecular complexity index is 1900. The van der Waals surface area contributed by atoms with Gasteiger partial charge in [-0.1, -0.05) is 74.5 Å². The highest BCUT2D eigenvalue weighted by Crippen LogP contribution is 2.56. The van der Waals surface area contributed by atoms with Crippen LogP contribution in [-0.2, 0) is 5.41 Å². The van der Waals surface area contributed by atoms with Crippen LogP contribution in [0.4, 0.5) is 17.2 Å². The maximum atomic E-state index is 5.18. The molecule has 1 aliphatic heterocycles. The lowest BCUT2D eigenvalue weighted by molar-refractivity contribution is 0.660. The Morgan fingerprint density at radius 2 is 1.45 bits per heavy atom. The SMILES string of the molecule is CC1(C)c2ccccc2-c2cc3c(cc21)N(c1cccc(-c2cccnc2)n1)c1cccc2cccc-3c12. The number of aromatic nitrogens is 2. The number of fused-ring (bicyclic) bond motifs is 5. The average Bonchev–Trinajstić information content (AvgIpc) is 3.19. The molecule has 0 spiro atoms. The van der Waals surface area contributed by atoms with Crippen LogP contribution in [0.15, 0.2) is 116 Å². The molecule has 3 heteroatoms. The Kier molecular flexibility index (Phi) is 4.28. The van der Waals surface area contributed by atoms with Gasteiger partial charge in [0.15, 0.2) is 0 Å². The first-order valence-corrected chi connectivity index (χ1v) is 13.1. The van der Waals surface area contributed by atoms with Crippen LogP contribution in [0.3, 0.4) is 0 Å². The van der Waals surface area contributed by atoms with Crippen molar-refractivity contribution < 1.29 is 0 Å². The third-order valence-corrected chi connectivity index (χ3v) is 8.28. The minimum absolute atomic E-state index is 0.0828. The zero-order valence-corrected chi connectivity index (χ0v) is 21.3. The molecule has 2 aromatic heterocycles. The van der Waals surface area contributed by atoms with E-state index in [1.54, 1.807) is 6.20 Å². The van der Waals surface area contributed by atoms with Crippen molar-refractivity contribution in [1.29, 1.82) is 0 Å². The van der Waals surface area contributed by atoms with Crippen molar-refractivity contribution in [3.8, 4) is 33.5 Å².